The largest absolute Gasteiger partial charge is 0.711 e. The van der Waals surface area contributed by atoms with Gasteiger partial charge in [-0.05, 0) is 30.0 Å². The molecule has 12 heteroatoms. The van der Waals surface area contributed by atoms with E-state index in [-0.39, 0.29) is 31.2 Å². The smallest absolute Gasteiger partial charge is 0.416 e. The third-order valence-electron chi connectivity index (χ3n) is 4.80. The Morgan fingerprint density at radius 1 is 1.33 bits per heavy atom. The van der Waals surface area contributed by atoms with Crippen molar-refractivity contribution in [3.8, 4) is 0 Å². The number of anilines is 1. The van der Waals surface area contributed by atoms with Crippen LogP contribution in [0.4, 0.5) is 24.5 Å². The number of benzene rings is 1. The van der Waals surface area contributed by atoms with Gasteiger partial charge in [0.25, 0.3) is 5.69 Å². The van der Waals surface area contributed by atoms with Crippen LogP contribution in [0, 0.1) is 21.2 Å². The van der Waals surface area contributed by atoms with E-state index in [0.29, 0.717) is 23.6 Å². The predicted octanol–water partition coefficient (Wildman–Crippen LogP) is 2.60. The molecule has 1 fully saturated rings. The Morgan fingerprint density at radius 2 is 2.03 bits per heavy atom. The van der Waals surface area contributed by atoms with E-state index >= 15 is 0 Å². The fourth-order valence-corrected chi connectivity index (χ4v) is 3.21. The number of piperidine rings is 1. The van der Waals surface area contributed by atoms with Gasteiger partial charge in [0.15, 0.2) is 6.61 Å². The van der Waals surface area contributed by atoms with E-state index < -0.39 is 34.2 Å². The zero-order chi connectivity index (χ0) is 21.9. The van der Waals surface area contributed by atoms with Crippen molar-refractivity contribution in [1.29, 1.82) is 0 Å². The van der Waals surface area contributed by atoms with E-state index in [9.17, 15) is 33.3 Å². The van der Waals surface area contributed by atoms with Crippen LogP contribution in [-0.2, 0) is 22.3 Å². The van der Waals surface area contributed by atoms with E-state index in [1.54, 1.807) is 4.90 Å². The molecule has 9 nitrogen and oxygen atoms in total. The number of alkyl halides is 3. The Balaban J connectivity index is 1.63. The zero-order valence-electron chi connectivity index (χ0n) is 15.5. The van der Waals surface area contributed by atoms with Gasteiger partial charge in [-0.2, -0.15) is 13.2 Å². The van der Waals surface area contributed by atoms with Crippen LogP contribution in [-0.4, -0.2) is 29.0 Å². The molecule has 0 aliphatic carbocycles. The summed E-state index contributed by atoms with van der Waals surface area (Å²) in [5.41, 5.74) is -1.66. The van der Waals surface area contributed by atoms with Gasteiger partial charge < -0.3 is 14.8 Å². The lowest BCUT2D eigenvalue weighted by molar-refractivity contribution is -0.620. The minimum atomic E-state index is -4.68. The average molecular weight is 426 g/mol. The summed E-state index contributed by atoms with van der Waals surface area (Å²) in [4.78, 5) is 28.1. The number of nitrogens with zero attached hydrogens (tertiary/aromatic N) is 4. The van der Waals surface area contributed by atoms with Crippen LogP contribution >= 0.6 is 0 Å². The Hall–Kier alpha value is -3.44. The summed E-state index contributed by atoms with van der Waals surface area (Å²) in [5.74, 6) is -0.982. The fraction of sp³-hybridized carbons (Fsp3) is 0.389. The van der Waals surface area contributed by atoms with Crippen LogP contribution in [0.25, 0.3) is 0 Å². The number of aromatic nitrogens is 2. The number of rotatable bonds is 5. The molecule has 0 bridgehead atoms. The van der Waals surface area contributed by atoms with E-state index in [2.05, 4.69) is 4.98 Å². The minimum Gasteiger partial charge on any atom is -0.711 e. The Morgan fingerprint density at radius 3 is 2.63 bits per heavy atom. The van der Waals surface area contributed by atoms with Gasteiger partial charge >= 0.3 is 18.0 Å². The predicted molar refractivity (Wildman–Crippen MR) is 96.0 cm³/mol. The van der Waals surface area contributed by atoms with Gasteiger partial charge in [-0.3, -0.25) is 14.9 Å². The summed E-state index contributed by atoms with van der Waals surface area (Å²) in [7, 11) is 0. The summed E-state index contributed by atoms with van der Waals surface area (Å²) in [5, 5.41) is 22.8. The maximum absolute atomic E-state index is 12.9. The van der Waals surface area contributed by atoms with Crippen molar-refractivity contribution in [3.63, 3.8) is 0 Å². The zero-order valence-corrected chi connectivity index (χ0v) is 15.5. The summed E-state index contributed by atoms with van der Waals surface area (Å²) in [6, 6.07) is 3.83. The van der Waals surface area contributed by atoms with E-state index in [1.165, 1.54) is 18.5 Å². The molecule has 0 amide bonds. The topological polar surface area (TPSA) is 113 Å². The number of halogens is 3. The monoisotopic (exact) mass is 426 g/mol. The molecule has 0 atom stereocenters. The molecule has 30 heavy (non-hydrogen) atoms. The summed E-state index contributed by atoms with van der Waals surface area (Å²) in [6.07, 6.45) is -1.46. The summed E-state index contributed by atoms with van der Waals surface area (Å²) in [6.45, 7) is 0.183. The molecule has 0 N–H and O–H groups in total. The molecule has 1 aliphatic rings. The van der Waals surface area contributed by atoms with Gasteiger partial charge in [-0.25, -0.2) is 4.73 Å². The second-order valence-corrected chi connectivity index (χ2v) is 6.69. The molecule has 3 rings (SSSR count). The van der Waals surface area contributed by atoms with E-state index in [4.69, 9.17) is 4.74 Å². The van der Waals surface area contributed by atoms with Gasteiger partial charge in [0.1, 0.15) is 11.9 Å². The number of carbonyl (C=O) groups is 1. The van der Waals surface area contributed by atoms with Crippen molar-refractivity contribution in [2.45, 2.75) is 25.6 Å². The van der Waals surface area contributed by atoms with Crippen molar-refractivity contribution in [2.24, 2.45) is 5.92 Å². The minimum absolute atomic E-state index is 0.0312. The maximum atomic E-state index is 12.9. The number of carbonyl (C=O) groups excluding carboxylic acids is 1. The first kappa shape index (κ1) is 21.3. The molecule has 1 saturated heterocycles. The quantitative estimate of drug-likeness (QED) is 0.237. The molecule has 0 saturated carbocycles. The van der Waals surface area contributed by atoms with Gasteiger partial charge in [0.2, 0.25) is 0 Å². The van der Waals surface area contributed by atoms with Crippen molar-refractivity contribution >= 4 is 17.3 Å². The number of nitro benzene ring substituents is 1. The highest BCUT2D eigenvalue weighted by molar-refractivity contribution is 5.73. The second kappa shape index (κ2) is 8.51. The first-order chi connectivity index (χ1) is 14.2. The lowest BCUT2D eigenvalue weighted by Gasteiger charge is -2.32. The molecule has 160 valence electrons. The van der Waals surface area contributed by atoms with Crippen molar-refractivity contribution in [2.75, 3.05) is 18.0 Å². The van der Waals surface area contributed by atoms with Crippen LogP contribution in [0.3, 0.4) is 0 Å². The number of nitro groups is 1. The fourth-order valence-electron chi connectivity index (χ4n) is 3.21. The Bertz CT molecular complexity index is 946. The number of ether oxygens (including phenoxy) is 1. The number of esters is 1. The molecule has 0 spiro atoms. The lowest BCUT2D eigenvalue weighted by Crippen LogP contribution is -2.38. The van der Waals surface area contributed by atoms with Gasteiger partial charge in [-0.15, -0.1) is 0 Å². The van der Waals surface area contributed by atoms with Gasteiger partial charge in [0.05, 0.1) is 22.6 Å². The first-order valence-corrected chi connectivity index (χ1v) is 8.97. The molecule has 1 aliphatic heterocycles. The molecule has 1 aromatic heterocycles. The molecular weight excluding hydrogens is 409 g/mol. The third kappa shape index (κ3) is 4.75. The number of hydrogen-bond acceptors (Lipinski definition) is 7. The molecule has 1 aromatic carbocycles. The average Bonchev–Trinajstić information content (AvgIpc) is 2.72. The summed E-state index contributed by atoms with van der Waals surface area (Å²) < 4.78 is 44.2. The Kier molecular flexibility index (Phi) is 6.04. The van der Waals surface area contributed by atoms with Crippen LogP contribution in [0.15, 0.2) is 36.7 Å². The molecule has 0 radical (unpaired) electrons. The van der Waals surface area contributed by atoms with Crippen molar-refractivity contribution in [3.05, 3.63) is 63.4 Å². The van der Waals surface area contributed by atoms with Crippen molar-refractivity contribution < 1.29 is 32.4 Å². The van der Waals surface area contributed by atoms with Crippen LogP contribution in [0.1, 0.15) is 24.2 Å². The van der Waals surface area contributed by atoms with Crippen molar-refractivity contribution in [1.82, 2.24) is 4.98 Å². The van der Waals surface area contributed by atoms with Crippen LogP contribution < -0.4 is 9.63 Å². The molecule has 0 unspecified atom stereocenters. The third-order valence-corrected chi connectivity index (χ3v) is 4.80. The maximum Gasteiger partial charge on any atom is 0.416 e. The van der Waals surface area contributed by atoms with Gasteiger partial charge in [0, 0.05) is 25.2 Å². The second-order valence-electron chi connectivity index (χ2n) is 6.69. The van der Waals surface area contributed by atoms with E-state index in [0.717, 1.165) is 12.1 Å². The normalized spacial score (nSPS) is 15.1. The van der Waals surface area contributed by atoms with E-state index in [1.807, 2.05) is 0 Å². The van der Waals surface area contributed by atoms with Crippen LogP contribution in [0.5, 0.6) is 0 Å². The molecule has 2 aromatic rings. The van der Waals surface area contributed by atoms with Crippen LogP contribution in [0.2, 0.25) is 0 Å². The Labute approximate surface area is 168 Å². The standard InChI is InChI=1S/C18H17F3N4O5/c19-18(20,21)13-2-3-14(15(10-13)25(28)29)23-8-4-12(5-9-23)17(26)30-11-16-22-6-1-7-24(16)27/h1-3,6-7,10,12H,4-5,8-9,11H2. The highest BCUT2D eigenvalue weighted by Crippen LogP contribution is 2.37. The lowest BCUT2D eigenvalue weighted by atomic mass is 9.96. The highest BCUT2D eigenvalue weighted by Gasteiger charge is 2.35. The highest BCUT2D eigenvalue weighted by atomic mass is 19.4. The summed E-state index contributed by atoms with van der Waals surface area (Å²) >= 11 is 0. The SMILES string of the molecule is O=C(OCc1nccc[n+]1[O-])C1CCN(c2ccc(C(F)(F)F)cc2[N+](=O)[O-])CC1. The first-order valence-electron chi connectivity index (χ1n) is 8.97. The van der Waals surface area contributed by atoms with Gasteiger partial charge in [-0.1, -0.05) is 0 Å². The number of hydrogen-bond donors (Lipinski definition) is 0. The molecule has 2 heterocycles. The molecular formula is C18H17F3N4O5.